The topological polar surface area (TPSA) is 149 Å². The van der Waals surface area contributed by atoms with Gasteiger partial charge in [-0.15, -0.1) is 0 Å². The van der Waals surface area contributed by atoms with Crippen LogP contribution in [0.15, 0.2) is 0 Å². The number of hydrogen-bond donors (Lipinski definition) is 4. The van der Waals surface area contributed by atoms with Gasteiger partial charge in [-0.3, -0.25) is 9.37 Å². The molecule has 0 rings (SSSR count). The highest BCUT2D eigenvalue weighted by Gasteiger charge is 2.43. The second kappa shape index (κ2) is 4.42. The second-order valence-electron chi connectivity index (χ2n) is 2.56. The van der Waals surface area contributed by atoms with Crippen LogP contribution in [0.5, 0.6) is 0 Å². The maximum atomic E-state index is 10.4. The summed E-state index contributed by atoms with van der Waals surface area (Å²) in [5.74, 6) is -4.76. The van der Waals surface area contributed by atoms with Crippen molar-refractivity contribution in [2.24, 2.45) is 0 Å². The van der Waals surface area contributed by atoms with E-state index >= 15 is 0 Å². The van der Waals surface area contributed by atoms with E-state index in [4.69, 9.17) is 15.3 Å². The number of aliphatic hydroxyl groups excluding tert-OH is 1. The van der Waals surface area contributed by atoms with Gasteiger partial charge in [0.2, 0.25) is 0 Å². The molecule has 1 atom stereocenters. The Morgan fingerprint density at radius 1 is 1.21 bits per heavy atom. The van der Waals surface area contributed by atoms with Gasteiger partial charge in [-0.1, -0.05) is 0 Å². The van der Waals surface area contributed by atoms with Crippen LogP contribution in [0.4, 0.5) is 0 Å². The zero-order chi connectivity index (χ0) is 11.4. The van der Waals surface area contributed by atoms with E-state index in [0.29, 0.717) is 0 Å². The van der Waals surface area contributed by atoms with Gasteiger partial charge in [0, 0.05) is 0 Å². The first kappa shape index (κ1) is 12.2. The third-order valence-corrected chi connectivity index (χ3v) is 1.38. The zero-order valence-corrected chi connectivity index (χ0v) is 6.84. The molecule has 0 saturated heterocycles. The molecule has 0 aliphatic rings. The van der Waals surface area contributed by atoms with Gasteiger partial charge in [-0.05, 0) is 0 Å². The predicted octanol–water partition coefficient (Wildman–Crippen LogP) is -2.44. The summed E-state index contributed by atoms with van der Waals surface area (Å²) in [6, 6.07) is 0. The minimum absolute atomic E-state index is 1.10. The van der Waals surface area contributed by atoms with Crippen LogP contribution in [0.2, 0.25) is 0 Å². The number of aliphatic hydroxyl groups is 1. The lowest BCUT2D eigenvalue weighted by molar-refractivity contribution is -1.05. The van der Waals surface area contributed by atoms with E-state index < -0.39 is 36.4 Å². The van der Waals surface area contributed by atoms with E-state index in [0.717, 1.165) is 0 Å². The summed E-state index contributed by atoms with van der Waals surface area (Å²) < 4.78 is 2.98. The molecule has 0 aliphatic heterocycles. The van der Waals surface area contributed by atoms with E-state index in [-0.39, 0.29) is 0 Å². The molecule has 8 heteroatoms. The Kier molecular flexibility index (Phi) is 3.84. The smallest absolute Gasteiger partial charge is 0.498 e. The molecular formula is C6H8O8. The van der Waals surface area contributed by atoms with Crippen molar-refractivity contribution in [3.8, 4) is 0 Å². The maximum absolute atomic E-state index is 10.4. The van der Waals surface area contributed by atoms with Crippen molar-refractivity contribution in [2.75, 3.05) is 0 Å². The Bertz CT molecular complexity index is 269. The fraction of sp³-hybridized carbons (Fsp3) is 0.500. The van der Waals surface area contributed by atoms with Crippen molar-refractivity contribution in [1.82, 2.24) is 0 Å². The fourth-order valence-corrected chi connectivity index (χ4v) is 0.744. The van der Waals surface area contributed by atoms with Gasteiger partial charge in [0.15, 0.2) is 5.60 Å². The minimum atomic E-state index is -2.75. The summed E-state index contributed by atoms with van der Waals surface area (Å²) in [5, 5.41) is 44.0. The molecule has 0 radical (unpaired) electrons. The normalized spacial score (nSPS) is 15.9. The molecule has 0 aromatic rings. The number of carbonyl (C=O) groups is 2. The minimum Gasteiger partial charge on any atom is -0.588 e. The molecule has 0 bridgehead atoms. The Hall–Kier alpha value is -1.83. The molecule has 80 valence electrons. The first-order chi connectivity index (χ1) is 6.31. The number of hydrogen-bond acceptors (Lipinski definition) is 4. The molecular weight excluding hydrogens is 200 g/mol. The van der Waals surface area contributed by atoms with E-state index in [9.17, 15) is 20.0 Å². The quantitative estimate of drug-likeness (QED) is 0.222. The molecule has 1 unspecified atom stereocenters. The van der Waals surface area contributed by atoms with Crippen LogP contribution in [0.25, 0.3) is 0 Å². The van der Waals surface area contributed by atoms with Gasteiger partial charge in [-0.25, -0.2) is 4.79 Å². The Morgan fingerprint density at radius 3 is 2.00 bits per heavy atom. The van der Waals surface area contributed by atoms with Crippen LogP contribution in [-0.4, -0.2) is 43.9 Å². The van der Waals surface area contributed by atoms with Gasteiger partial charge in [0.1, 0.15) is 6.42 Å². The first-order valence-corrected chi connectivity index (χ1v) is 3.34. The molecule has 0 saturated carbocycles. The molecule has 0 heterocycles. The Labute approximate surface area is 77.3 Å². The van der Waals surface area contributed by atoms with Crippen molar-refractivity contribution in [3.05, 3.63) is 0 Å². The molecule has 0 amide bonds. The summed E-state index contributed by atoms with van der Waals surface area (Å²) in [7, 11) is 0. The zero-order valence-electron chi connectivity index (χ0n) is 6.84. The summed E-state index contributed by atoms with van der Waals surface area (Å²) >= 11 is 0. The van der Waals surface area contributed by atoms with Crippen molar-refractivity contribution in [1.29, 1.82) is 0 Å². The highest BCUT2D eigenvalue weighted by atomic mass is 17.1. The van der Waals surface area contributed by atoms with E-state index in [2.05, 4.69) is 4.58 Å². The molecule has 14 heavy (non-hydrogen) atoms. The van der Waals surface area contributed by atoms with Crippen molar-refractivity contribution in [2.45, 2.75) is 18.4 Å². The third kappa shape index (κ3) is 3.27. The summed E-state index contributed by atoms with van der Waals surface area (Å²) in [6.45, 7) is 0. The van der Waals surface area contributed by atoms with E-state index in [1.807, 2.05) is 0 Å². The highest BCUT2D eigenvalue weighted by Crippen LogP contribution is 2.15. The maximum Gasteiger partial charge on any atom is 0.498 e. The Balaban J connectivity index is 4.73. The summed E-state index contributed by atoms with van der Waals surface area (Å²) in [6.07, 6.45) is -2.26. The van der Waals surface area contributed by atoms with Crippen molar-refractivity contribution in [3.63, 3.8) is 0 Å². The summed E-state index contributed by atoms with van der Waals surface area (Å²) in [4.78, 5) is 20.6. The molecule has 0 aromatic carbocycles. The molecule has 0 aliphatic carbocycles. The number of carboxylic acids is 3. The molecule has 8 nitrogen and oxygen atoms in total. The van der Waals surface area contributed by atoms with Crippen LogP contribution >= 0.6 is 0 Å². The van der Waals surface area contributed by atoms with Gasteiger partial charge in [-0.2, -0.15) is 0 Å². The number of rotatable bonds is 5. The van der Waals surface area contributed by atoms with Gasteiger partial charge >= 0.3 is 17.9 Å². The number of aliphatic carboxylic acids is 3. The van der Waals surface area contributed by atoms with Crippen molar-refractivity contribution < 1.29 is 39.8 Å². The molecule has 4 N–H and O–H groups in total. The van der Waals surface area contributed by atoms with Crippen LogP contribution < -0.4 is 5.26 Å². The SMILES string of the molecule is O=C(O)CC(O)(CC(O)=[O+][O-])C(=O)O. The average Bonchev–Trinajstić information content (AvgIpc) is 2.02. The third-order valence-electron chi connectivity index (χ3n) is 1.38. The van der Waals surface area contributed by atoms with Crippen LogP contribution in [0.1, 0.15) is 12.8 Å². The molecule has 0 fully saturated rings. The fourth-order valence-electron chi connectivity index (χ4n) is 0.744. The Morgan fingerprint density at radius 2 is 1.71 bits per heavy atom. The van der Waals surface area contributed by atoms with E-state index in [1.54, 1.807) is 0 Å². The second-order valence-corrected chi connectivity index (χ2v) is 2.56. The monoisotopic (exact) mass is 208 g/mol. The lowest BCUT2D eigenvalue weighted by Gasteiger charge is -2.17. The van der Waals surface area contributed by atoms with Crippen LogP contribution in [-0.2, 0) is 14.2 Å². The largest absolute Gasteiger partial charge is 0.588 e. The average molecular weight is 208 g/mol. The van der Waals surface area contributed by atoms with Gasteiger partial charge < -0.3 is 25.7 Å². The van der Waals surface area contributed by atoms with E-state index in [1.165, 1.54) is 0 Å². The van der Waals surface area contributed by atoms with Gasteiger partial charge in [0.05, 0.1) is 6.42 Å². The predicted molar refractivity (Wildman–Crippen MR) is 37.1 cm³/mol. The lowest BCUT2D eigenvalue weighted by Crippen LogP contribution is -2.43. The highest BCUT2D eigenvalue weighted by molar-refractivity contribution is 5.88. The van der Waals surface area contributed by atoms with Crippen LogP contribution in [0.3, 0.4) is 0 Å². The molecule has 0 spiro atoms. The standard InChI is InChI=1S/C6H8O8/c7-3(8)1-6(12,5(10)11)2-4(9)14-13/h9,12H,1-2H2,(H,7,8)(H,10,11). The lowest BCUT2D eigenvalue weighted by atomic mass is 9.96. The van der Waals surface area contributed by atoms with Gasteiger partial charge in [0.25, 0.3) is 0 Å². The first-order valence-electron chi connectivity index (χ1n) is 3.34. The number of carboxylic acid groups (broad SMARTS) is 3. The van der Waals surface area contributed by atoms with Crippen LogP contribution in [0, 0.1) is 0 Å². The van der Waals surface area contributed by atoms with Crippen molar-refractivity contribution >= 4 is 17.9 Å². The molecule has 0 aromatic heterocycles. The summed E-state index contributed by atoms with van der Waals surface area (Å²) in [5.41, 5.74) is -2.75.